The fourth-order valence-corrected chi connectivity index (χ4v) is 1.11. The Hall–Kier alpha value is -2.65. The van der Waals surface area contributed by atoms with Gasteiger partial charge in [-0.2, -0.15) is 10.2 Å². The Balaban J connectivity index is 2.79. The number of nitrogens with two attached hydrogens (primary N) is 2. The van der Waals surface area contributed by atoms with Crippen LogP contribution >= 0.6 is 0 Å². The summed E-state index contributed by atoms with van der Waals surface area (Å²) in [5.74, 6) is -1.97. The van der Waals surface area contributed by atoms with Crippen molar-refractivity contribution in [3.63, 3.8) is 0 Å². The zero-order valence-corrected chi connectivity index (χ0v) is 9.89. The van der Waals surface area contributed by atoms with Crippen molar-refractivity contribution in [1.82, 2.24) is 0 Å². The molecule has 0 heterocycles. The quantitative estimate of drug-likeness (QED) is 0.431. The number of azo groups is 1. The monoisotopic (exact) mass is 289 g/mol. The lowest BCUT2D eigenvalue weighted by molar-refractivity contribution is -0.274. The van der Waals surface area contributed by atoms with E-state index in [1.807, 2.05) is 0 Å². The highest BCUT2D eigenvalue weighted by molar-refractivity contribution is 6.04. The van der Waals surface area contributed by atoms with Gasteiger partial charge in [-0.1, -0.05) is 0 Å². The van der Waals surface area contributed by atoms with Crippen LogP contribution in [-0.2, 0) is 4.79 Å². The van der Waals surface area contributed by atoms with Crippen molar-refractivity contribution in [3.8, 4) is 5.75 Å². The molecule has 0 fully saturated rings. The molecule has 5 N–H and O–H groups in total. The third-order valence-electron chi connectivity index (χ3n) is 1.92. The lowest BCUT2D eigenvalue weighted by Gasteiger charge is -2.08. The van der Waals surface area contributed by atoms with Crippen LogP contribution in [0.5, 0.6) is 5.75 Å². The zero-order valence-electron chi connectivity index (χ0n) is 9.89. The van der Waals surface area contributed by atoms with Gasteiger partial charge in [0.15, 0.2) is 0 Å². The second-order valence-electron chi connectivity index (χ2n) is 3.52. The van der Waals surface area contributed by atoms with Gasteiger partial charge in [-0.15, -0.1) is 13.2 Å². The van der Waals surface area contributed by atoms with E-state index < -0.39 is 29.9 Å². The summed E-state index contributed by atoms with van der Waals surface area (Å²) < 4.78 is 39.4. The first kappa shape index (κ1) is 15.4. The van der Waals surface area contributed by atoms with Crippen LogP contribution in [0, 0.1) is 5.41 Å². The fourth-order valence-electron chi connectivity index (χ4n) is 1.11. The third-order valence-corrected chi connectivity index (χ3v) is 1.92. The molecule has 7 nitrogen and oxygen atoms in total. The highest BCUT2D eigenvalue weighted by Gasteiger charge is 2.30. The van der Waals surface area contributed by atoms with Crippen LogP contribution < -0.4 is 16.2 Å². The minimum atomic E-state index is -4.78. The van der Waals surface area contributed by atoms with Gasteiger partial charge in [-0.05, 0) is 24.3 Å². The molecule has 1 rings (SSSR count). The molecule has 0 aliphatic rings. The molecule has 1 amide bonds. The standard InChI is InChI=1S/C10H10F3N5O2/c11-10(12,13)20-6-3-1-5(2-4-6)17-18-7(8(14)15)9(16)19/h1-4,7H,(H3,14,15)(H2,16,19). The molecule has 0 bridgehead atoms. The van der Waals surface area contributed by atoms with E-state index in [1.165, 1.54) is 12.1 Å². The van der Waals surface area contributed by atoms with Crippen molar-refractivity contribution in [3.05, 3.63) is 24.3 Å². The predicted octanol–water partition coefficient (Wildman–Crippen LogP) is 1.46. The average Bonchev–Trinajstić information content (AvgIpc) is 2.28. The molecule has 1 aromatic rings. The number of amides is 1. The lowest BCUT2D eigenvalue weighted by Crippen LogP contribution is -2.38. The number of alkyl halides is 3. The molecule has 0 spiro atoms. The van der Waals surface area contributed by atoms with E-state index in [1.54, 1.807) is 0 Å². The van der Waals surface area contributed by atoms with Gasteiger partial charge >= 0.3 is 6.36 Å². The van der Waals surface area contributed by atoms with Crippen molar-refractivity contribution in [2.75, 3.05) is 0 Å². The average molecular weight is 289 g/mol. The van der Waals surface area contributed by atoms with Crippen molar-refractivity contribution in [2.24, 2.45) is 21.7 Å². The van der Waals surface area contributed by atoms with Crippen LogP contribution in [0.2, 0.25) is 0 Å². The van der Waals surface area contributed by atoms with E-state index >= 15 is 0 Å². The first-order valence-electron chi connectivity index (χ1n) is 5.09. The molecule has 0 saturated carbocycles. The molecule has 1 atom stereocenters. The van der Waals surface area contributed by atoms with E-state index in [0.717, 1.165) is 12.1 Å². The number of nitrogens with zero attached hydrogens (tertiary/aromatic N) is 2. The van der Waals surface area contributed by atoms with Crippen LogP contribution in [0.4, 0.5) is 18.9 Å². The van der Waals surface area contributed by atoms with E-state index in [2.05, 4.69) is 15.0 Å². The summed E-state index contributed by atoms with van der Waals surface area (Å²) >= 11 is 0. The maximum Gasteiger partial charge on any atom is 0.573 e. The molecule has 0 radical (unpaired) electrons. The Morgan fingerprint density at radius 3 is 2.20 bits per heavy atom. The number of nitrogens with one attached hydrogen (secondary N) is 1. The van der Waals surface area contributed by atoms with E-state index in [0.29, 0.717) is 0 Å². The molecular weight excluding hydrogens is 279 g/mol. The molecule has 108 valence electrons. The van der Waals surface area contributed by atoms with Gasteiger partial charge in [0.25, 0.3) is 5.91 Å². The topological polar surface area (TPSA) is 127 Å². The molecule has 0 aromatic heterocycles. The number of hydrogen-bond acceptors (Lipinski definition) is 5. The van der Waals surface area contributed by atoms with E-state index in [9.17, 15) is 18.0 Å². The second kappa shape index (κ2) is 5.99. The smallest absolute Gasteiger partial charge is 0.406 e. The number of halogens is 3. The number of carbonyl (C=O) groups excluding carboxylic acids is 1. The van der Waals surface area contributed by atoms with Gasteiger partial charge in [-0.3, -0.25) is 10.2 Å². The summed E-state index contributed by atoms with van der Waals surface area (Å²) in [4.78, 5) is 10.9. The molecule has 0 saturated heterocycles. The Labute approximate surface area is 110 Å². The number of hydrogen-bond donors (Lipinski definition) is 3. The van der Waals surface area contributed by atoms with Gasteiger partial charge < -0.3 is 16.2 Å². The summed E-state index contributed by atoms with van der Waals surface area (Å²) in [5.41, 5.74) is 10.2. The number of ether oxygens (including phenoxy) is 1. The highest BCUT2D eigenvalue weighted by atomic mass is 19.4. The number of primary amides is 1. The van der Waals surface area contributed by atoms with E-state index in [4.69, 9.17) is 16.9 Å². The minimum Gasteiger partial charge on any atom is -0.406 e. The molecule has 10 heteroatoms. The van der Waals surface area contributed by atoms with Gasteiger partial charge in [0.2, 0.25) is 6.04 Å². The second-order valence-corrected chi connectivity index (χ2v) is 3.52. The van der Waals surface area contributed by atoms with E-state index in [-0.39, 0.29) is 5.69 Å². The Kier molecular flexibility index (Phi) is 4.62. The first-order valence-corrected chi connectivity index (χ1v) is 5.09. The van der Waals surface area contributed by atoms with Crippen LogP contribution in [0.15, 0.2) is 34.5 Å². The zero-order chi connectivity index (χ0) is 15.3. The molecule has 1 unspecified atom stereocenters. The first-order chi connectivity index (χ1) is 9.19. The number of rotatable bonds is 5. The highest BCUT2D eigenvalue weighted by Crippen LogP contribution is 2.25. The number of amidine groups is 1. The number of carbonyl (C=O) groups is 1. The lowest BCUT2D eigenvalue weighted by atomic mass is 10.3. The maximum atomic E-state index is 11.9. The molecular formula is C10H10F3N5O2. The largest absolute Gasteiger partial charge is 0.573 e. The summed E-state index contributed by atoms with van der Waals surface area (Å²) in [7, 11) is 0. The SMILES string of the molecule is N=C(N)C(N=Nc1ccc(OC(F)(F)F)cc1)C(N)=O. The van der Waals surface area contributed by atoms with Crippen LogP contribution in [0.25, 0.3) is 0 Å². The van der Waals surface area contributed by atoms with Crippen molar-refractivity contribution >= 4 is 17.4 Å². The summed E-state index contributed by atoms with van der Waals surface area (Å²) in [6.07, 6.45) is -4.78. The van der Waals surface area contributed by atoms with Crippen LogP contribution in [0.3, 0.4) is 0 Å². The predicted molar refractivity (Wildman–Crippen MR) is 62.5 cm³/mol. The van der Waals surface area contributed by atoms with Gasteiger partial charge in [-0.25, -0.2) is 0 Å². The summed E-state index contributed by atoms with van der Waals surface area (Å²) in [6, 6.07) is 3.00. The van der Waals surface area contributed by atoms with Crippen molar-refractivity contribution in [2.45, 2.75) is 12.4 Å². The summed E-state index contributed by atoms with van der Waals surface area (Å²) in [6.45, 7) is 0. The van der Waals surface area contributed by atoms with Gasteiger partial charge in [0.1, 0.15) is 11.6 Å². The Bertz CT molecular complexity index is 513. The maximum absolute atomic E-state index is 11.9. The number of benzene rings is 1. The Morgan fingerprint density at radius 2 is 1.80 bits per heavy atom. The van der Waals surface area contributed by atoms with Crippen molar-refractivity contribution < 1.29 is 22.7 Å². The molecule has 1 aromatic carbocycles. The van der Waals surface area contributed by atoms with Gasteiger partial charge in [0.05, 0.1) is 5.69 Å². The molecule has 20 heavy (non-hydrogen) atoms. The van der Waals surface area contributed by atoms with Crippen LogP contribution in [-0.4, -0.2) is 24.1 Å². The minimum absolute atomic E-state index is 0.145. The normalized spacial score (nSPS) is 13.2. The summed E-state index contributed by atoms with van der Waals surface area (Å²) in [5, 5.41) is 14.0. The van der Waals surface area contributed by atoms with Crippen LogP contribution in [0.1, 0.15) is 0 Å². The molecule has 0 aliphatic carbocycles. The molecule has 0 aliphatic heterocycles. The van der Waals surface area contributed by atoms with Crippen molar-refractivity contribution in [1.29, 1.82) is 5.41 Å². The van der Waals surface area contributed by atoms with Gasteiger partial charge in [0, 0.05) is 0 Å². The third kappa shape index (κ3) is 4.92. The Morgan fingerprint density at radius 1 is 1.25 bits per heavy atom. The fraction of sp³-hybridized carbons (Fsp3) is 0.200.